The monoisotopic (exact) mass is 395 g/mol. The highest BCUT2D eigenvalue weighted by Gasteiger charge is 2.23. The van der Waals surface area contributed by atoms with Crippen LogP contribution in [-0.2, 0) is 0 Å². The molecule has 1 aromatic carbocycles. The lowest BCUT2D eigenvalue weighted by Crippen LogP contribution is -2.42. The van der Waals surface area contributed by atoms with E-state index in [0.717, 1.165) is 25.7 Å². The number of rotatable bonds is 5. The summed E-state index contributed by atoms with van der Waals surface area (Å²) >= 11 is 0. The maximum atomic E-state index is 13.5. The van der Waals surface area contributed by atoms with Crippen LogP contribution in [0.2, 0.25) is 0 Å². The maximum absolute atomic E-state index is 13.5. The van der Waals surface area contributed by atoms with Crippen molar-refractivity contribution in [2.75, 3.05) is 10.6 Å². The van der Waals surface area contributed by atoms with Gasteiger partial charge in [-0.25, -0.2) is 14.4 Å². The minimum atomic E-state index is -0.708. The zero-order valence-electron chi connectivity index (χ0n) is 15.7. The van der Waals surface area contributed by atoms with Gasteiger partial charge in [-0.1, -0.05) is 12.8 Å². The predicted molar refractivity (Wildman–Crippen MR) is 109 cm³/mol. The molecule has 150 valence electrons. The molecule has 1 aliphatic rings. The lowest BCUT2D eigenvalue weighted by atomic mass is 9.91. The topological polar surface area (TPSA) is 132 Å². The Hall–Kier alpha value is -3.33. The van der Waals surface area contributed by atoms with E-state index in [-0.39, 0.29) is 29.4 Å². The molecule has 0 saturated heterocycles. The summed E-state index contributed by atoms with van der Waals surface area (Å²) < 4.78 is 13.5. The van der Waals surface area contributed by atoms with Gasteiger partial charge in [0, 0.05) is 17.5 Å². The van der Waals surface area contributed by atoms with Gasteiger partial charge in [-0.05, 0) is 37.1 Å². The van der Waals surface area contributed by atoms with Crippen LogP contribution in [0.25, 0.3) is 10.9 Å². The van der Waals surface area contributed by atoms with Crippen LogP contribution in [0.3, 0.4) is 0 Å². The summed E-state index contributed by atoms with van der Waals surface area (Å²) in [6.45, 7) is 0. The third-order valence-electron chi connectivity index (χ3n) is 5.06. The summed E-state index contributed by atoms with van der Waals surface area (Å²) in [5, 5.41) is 6.94. The fourth-order valence-corrected chi connectivity index (χ4v) is 3.56. The first-order valence-corrected chi connectivity index (χ1v) is 9.51. The first kappa shape index (κ1) is 19.0. The van der Waals surface area contributed by atoms with E-state index >= 15 is 0 Å². The standard InChI is InChI=1S/C20H22FN7O/c21-12-5-6-15-11(7-12)8-13(9-24-15)26-20-18(19(23)29)25-10-17(28-20)27-16-4-2-1-3-14(16)22/h5-10,14,16H,1-4,22H2,(H2,23,29)(H2,26,27,28). The third-order valence-corrected chi connectivity index (χ3v) is 5.06. The van der Waals surface area contributed by atoms with Gasteiger partial charge in [0.05, 0.1) is 23.6 Å². The number of nitrogens with one attached hydrogen (secondary N) is 2. The number of hydrogen-bond donors (Lipinski definition) is 4. The second kappa shape index (κ2) is 7.96. The minimum Gasteiger partial charge on any atom is -0.364 e. The Morgan fingerprint density at radius 2 is 1.97 bits per heavy atom. The minimum absolute atomic E-state index is 0.00262. The van der Waals surface area contributed by atoms with E-state index in [9.17, 15) is 9.18 Å². The fourth-order valence-electron chi connectivity index (χ4n) is 3.56. The molecule has 0 radical (unpaired) electrons. The number of fused-ring (bicyclic) bond motifs is 1. The molecule has 0 aliphatic heterocycles. The van der Waals surface area contributed by atoms with Crippen molar-refractivity contribution in [3.8, 4) is 0 Å². The first-order chi connectivity index (χ1) is 14.0. The summed E-state index contributed by atoms with van der Waals surface area (Å²) in [5.74, 6) is -0.367. The molecule has 9 heteroatoms. The number of pyridine rings is 1. The van der Waals surface area contributed by atoms with Crippen LogP contribution >= 0.6 is 0 Å². The number of benzene rings is 1. The largest absolute Gasteiger partial charge is 0.364 e. The van der Waals surface area contributed by atoms with Gasteiger partial charge in [0.15, 0.2) is 11.5 Å². The van der Waals surface area contributed by atoms with E-state index in [1.54, 1.807) is 18.3 Å². The van der Waals surface area contributed by atoms with Crippen LogP contribution in [0.15, 0.2) is 36.7 Å². The Morgan fingerprint density at radius 1 is 1.14 bits per heavy atom. The molecule has 4 rings (SSSR count). The van der Waals surface area contributed by atoms with Crippen molar-refractivity contribution in [2.24, 2.45) is 11.5 Å². The highest BCUT2D eigenvalue weighted by molar-refractivity contribution is 5.96. The second-order valence-corrected chi connectivity index (χ2v) is 7.20. The van der Waals surface area contributed by atoms with E-state index in [1.165, 1.54) is 18.3 Å². The highest BCUT2D eigenvalue weighted by Crippen LogP contribution is 2.24. The first-order valence-electron chi connectivity index (χ1n) is 9.51. The van der Waals surface area contributed by atoms with Crippen molar-refractivity contribution in [1.82, 2.24) is 15.0 Å². The molecule has 2 unspecified atom stereocenters. The zero-order chi connectivity index (χ0) is 20.4. The number of aromatic nitrogens is 3. The molecule has 6 N–H and O–H groups in total. The number of anilines is 3. The molecule has 29 heavy (non-hydrogen) atoms. The lowest BCUT2D eigenvalue weighted by Gasteiger charge is -2.29. The number of nitrogens with two attached hydrogens (primary N) is 2. The van der Waals surface area contributed by atoms with E-state index in [4.69, 9.17) is 11.5 Å². The van der Waals surface area contributed by atoms with Gasteiger partial charge in [-0.2, -0.15) is 0 Å². The number of carbonyl (C=O) groups is 1. The number of primary amides is 1. The quantitative estimate of drug-likeness (QED) is 0.522. The lowest BCUT2D eigenvalue weighted by molar-refractivity contribution is 0.0996. The van der Waals surface area contributed by atoms with Gasteiger partial charge < -0.3 is 22.1 Å². The molecule has 0 spiro atoms. The van der Waals surface area contributed by atoms with Gasteiger partial charge in [-0.3, -0.25) is 9.78 Å². The molecule has 8 nitrogen and oxygen atoms in total. The van der Waals surface area contributed by atoms with Crippen LogP contribution in [0.5, 0.6) is 0 Å². The normalized spacial score (nSPS) is 19.1. The molecular formula is C20H22FN7O. The number of amides is 1. The maximum Gasteiger partial charge on any atom is 0.271 e. The molecule has 1 fully saturated rings. The van der Waals surface area contributed by atoms with Gasteiger partial charge >= 0.3 is 0 Å². The van der Waals surface area contributed by atoms with Crippen LogP contribution in [-0.4, -0.2) is 32.9 Å². The molecule has 1 amide bonds. The predicted octanol–water partition coefficient (Wildman–Crippen LogP) is 2.69. The molecule has 1 aliphatic carbocycles. The Labute approximate surface area is 166 Å². The van der Waals surface area contributed by atoms with Crippen molar-refractivity contribution >= 4 is 34.1 Å². The summed E-state index contributed by atoms with van der Waals surface area (Å²) in [7, 11) is 0. The average molecular weight is 395 g/mol. The van der Waals surface area contributed by atoms with Crippen molar-refractivity contribution < 1.29 is 9.18 Å². The zero-order valence-corrected chi connectivity index (χ0v) is 15.7. The third kappa shape index (κ3) is 4.24. The van der Waals surface area contributed by atoms with E-state index in [1.807, 2.05) is 0 Å². The van der Waals surface area contributed by atoms with Gasteiger partial charge in [0.25, 0.3) is 5.91 Å². The summed E-state index contributed by atoms with van der Waals surface area (Å²) in [6.07, 6.45) is 7.17. The molecule has 2 aromatic heterocycles. The Kier molecular flexibility index (Phi) is 5.22. The smallest absolute Gasteiger partial charge is 0.271 e. The van der Waals surface area contributed by atoms with Gasteiger partial charge in [0.1, 0.15) is 11.6 Å². The summed E-state index contributed by atoms with van der Waals surface area (Å²) in [4.78, 5) is 24.7. The Balaban J connectivity index is 1.63. The van der Waals surface area contributed by atoms with Crippen molar-refractivity contribution in [3.05, 3.63) is 48.2 Å². The highest BCUT2D eigenvalue weighted by atomic mass is 19.1. The van der Waals surface area contributed by atoms with Crippen LogP contribution in [0, 0.1) is 5.82 Å². The molecule has 3 aromatic rings. The van der Waals surface area contributed by atoms with Crippen molar-refractivity contribution in [2.45, 2.75) is 37.8 Å². The number of nitrogens with zero attached hydrogens (tertiary/aromatic N) is 3. The number of hydrogen-bond acceptors (Lipinski definition) is 7. The van der Waals surface area contributed by atoms with E-state index in [2.05, 4.69) is 25.6 Å². The number of carbonyl (C=O) groups excluding carboxylic acids is 1. The second-order valence-electron chi connectivity index (χ2n) is 7.20. The number of halogens is 1. The molecular weight excluding hydrogens is 373 g/mol. The molecule has 0 bridgehead atoms. The van der Waals surface area contributed by atoms with Crippen LogP contribution < -0.4 is 22.1 Å². The van der Waals surface area contributed by atoms with Crippen molar-refractivity contribution in [1.29, 1.82) is 0 Å². The van der Waals surface area contributed by atoms with Crippen LogP contribution in [0.1, 0.15) is 36.2 Å². The molecule has 2 heterocycles. The fraction of sp³-hybridized carbons (Fsp3) is 0.300. The van der Waals surface area contributed by atoms with Crippen LogP contribution in [0.4, 0.5) is 21.7 Å². The Bertz CT molecular complexity index is 1060. The molecule has 1 saturated carbocycles. The van der Waals surface area contributed by atoms with E-state index < -0.39 is 5.91 Å². The molecule has 2 atom stereocenters. The SMILES string of the molecule is NC(=O)c1ncc(NC2CCCCC2N)nc1Nc1cnc2ccc(F)cc2c1. The Morgan fingerprint density at radius 3 is 2.76 bits per heavy atom. The summed E-state index contributed by atoms with van der Waals surface area (Å²) in [5.41, 5.74) is 12.8. The average Bonchev–Trinajstić information content (AvgIpc) is 2.69. The van der Waals surface area contributed by atoms with E-state index in [0.29, 0.717) is 22.4 Å². The van der Waals surface area contributed by atoms with Gasteiger partial charge in [-0.15, -0.1) is 0 Å². The summed E-state index contributed by atoms with van der Waals surface area (Å²) in [6, 6.07) is 6.18. The van der Waals surface area contributed by atoms with Crippen molar-refractivity contribution in [3.63, 3.8) is 0 Å². The van der Waals surface area contributed by atoms with Gasteiger partial charge in [0.2, 0.25) is 0 Å².